The second kappa shape index (κ2) is 9.73. The Labute approximate surface area is 195 Å². The molecule has 2 aromatic heterocycles. The van der Waals surface area contributed by atoms with Crippen LogP contribution in [0.15, 0.2) is 55.2 Å². The van der Waals surface area contributed by atoms with Gasteiger partial charge in [0.25, 0.3) is 0 Å². The van der Waals surface area contributed by atoms with E-state index in [0.29, 0.717) is 31.5 Å². The van der Waals surface area contributed by atoms with Gasteiger partial charge in [-0.2, -0.15) is 9.57 Å². The highest BCUT2D eigenvalue weighted by Crippen LogP contribution is 2.32. The van der Waals surface area contributed by atoms with E-state index in [0.717, 1.165) is 22.5 Å². The number of anilines is 1. The average molecular weight is 465 g/mol. The van der Waals surface area contributed by atoms with Crippen molar-refractivity contribution in [3.05, 3.63) is 77.6 Å². The highest BCUT2D eigenvalue weighted by Gasteiger charge is 2.35. The van der Waals surface area contributed by atoms with E-state index in [1.54, 1.807) is 29.1 Å². The second-order valence-corrected chi connectivity index (χ2v) is 10.5. The molecule has 9 heteroatoms. The third-order valence-electron chi connectivity index (χ3n) is 6.00. The van der Waals surface area contributed by atoms with Crippen molar-refractivity contribution in [1.29, 1.82) is 5.26 Å². The maximum atomic E-state index is 13.4. The van der Waals surface area contributed by atoms with Crippen LogP contribution in [-0.2, 0) is 36.6 Å². The lowest BCUT2D eigenvalue weighted by Crippen LogP contribution is -2.46. The Kier molecular flexibility index (Phi) is 6.77. The number of hydrogen-bond acceptors (Lipinski definition) is 6. The molecule has 1 atom stereocenters. The van der Waals surface area contributed by atoms with E-state index in [9.17, 15) is 13.7 Å². The average Bonchev–Trinajstić information content (AvgIpc) is 3.13. The van der Waals surface area contributed by atoms with Crippen LogP contribution in [0.3, 0.4) is 0 Å². The van der Waals surface area contributed by atoms with Crippen LogP contribution in [0.5, 0.6) is 0 Å². The third-order valence-corrected chi connectivity index (χ3v) is 8.06. The van der Waals surface area contributed by atoms with Crippen LogP contribution in [0.2, 0.25) is 0 Å². The summed E-state index contributed by atoms with van der Waals surface area (Å²) in [6, 6.07) is 11.3. The van der Waals surface area contributed by atoms with Crippen molar-refractivity contribution >= 4 is 15.7 Å². The summed E-state index contributed by atoms with van der Waals surface area (Å²) in [5.41, 5.74) is 4.32. The number of aryl methyl sites for hydroxylation is 1. The van der Waals surface area contributed by atoms with E-state index in [2.05, 4.69) is 20.9 Å². The number of sulfonamides is 1. The van der Waals surface area contributed by atoms with Crippen molar-refractivity contribution in [3.8, 4) is 6.07 Å². The highest BCUT2D eigenvalue weighted by atomic mass is 32.2. The number of nitriles is 1. The summed E-state index contributed by atoms with van der Waals surface area (Å²) < 4.78 is 30.4. The molecule has 0 bridgehead atoms. The van der Waals surface area contributed by atoms with E-state index in [1.165, 1.54) is 0 Å². The molecule has 1 unspecified atom stereocenters. The van der Waals surface area contributed by atoms with Gasteiger partial charge in [-0.3, -0.25) is 4.98 Å². The van der Waals surface area contributed by atoms with Crippen LogP contribution < -0.4 is 4.90 Å². The Balaban J connectivity index is 1.80. The summed E-state index contributed by atoms with van der Waals surface area (Å²) in [6.45, 7) is 3.21. The molecule has 0 N–H and O–H groups in total. The molecule has 0 saturated carbocycles. The van der Waals surface area contributed by atoms with Crippen LogP contribution in [0.4, 0.5) is 5.69 Å². The Hall–Kier alpha value is -3.22. The summed E-state index contributed by atoms with van der Waals surface area (Å²) in [5, 5.41) is 9.46. The van der Waals surface area contributed by atoms with Crippen LogP contribution in [-0.4, -0.2) is 45.6 Å². The minimum atomic E-state index is -3.50. The van der Waals surface area contributed by atoms with E-state index in [-0.39, 0.29) is 18.3 Å². The third kappa shape index (κ3) is 5.07. The number of nitrogens with zero attached hydrogens (tertiary/aromatic N) is 6. The summed E-state index contributed by atoms with van der Waals surface area (Å²) in [5.74, 6) is 0.0888. The number of fused-ring (bicyclic) bond motifs is 1. The quantitative estimate of drug-likeness (QED) is 0.534. The molecule has 4 rings (SSSR count). The predicted molar refractivity (Wildman–Crippen MR) is 127 cm³/mol. The molecular weight excluding hydrogens is 436 g/mol. The summed E-state index contributed by atoms with van der Waals surface area (Å²) >= 11 is 0. The second-order valence-electron chi connectivity index (χ2n) is 8.41. The van der Waals surface area contributed by atoms with Crippen molar-refractivity contribution in [2.45, 2.75) is 38.9 Å². The molecular formula is C24H28N6O2S. The topological polar surface area (TPSA) is 95.1 Å². The number of imidazole rings is 1. The van der Waals surface area contributed by atoms with Crippen LogP contribution >= 0.6 is 0 Å². The van der Waals surface area contributed by atoms with Gasteiger partial charge in [-0.15, -0.1) is 0 Å². The zero-order valence-corrected chi connectivity index (χ0v) is 19.7. The van der Waals surface area contributed by atoms with Crippen molar-refractivity contribution in [2.75, 3.05) is 17.2 Å². The molecule has 0 fully saturated rings. The zero-order chi connectivity index (χ0) is 23.4. The van der Waals surface area contributed by atoms with Gasteiger partial charge in [0.15, 0.2) is 0 Å². The van der Waals surface area contributed by atoms with E-state index in [4.69, 9.17) is 0 Å². The minimum absolute atomic E-state index is 0.0888. The van der Waals surface area contributed by atoms with Gasteiger partial charge in [0.1, 0.15) is 0 Å². The van der Waals surface area contributed by atoms with Gasteiger partial charge in [-0.1, -0.05) is 13.0 Å². The maximum Gasteiger partial charge on any atom is 0.214 e. The fourth-order valence-electron chi connectivity index (χ4n) is 4.37. The Morgan fingerprint density at radius 3 is 2.73 bits per heavy atom. The lowest BCUT2D eigenvalue weighted by atomic mass is 10.1. The van der Waals surface area contributed by atoms with Gasteiger partial charge in [-0.25, -0.2) is 13.4 Å². The molecule has 3 aromatic rings. The molecule has 1 aliphatic heterocycles. The number of rotatable bonds is 7. The van der Waals surface area contributed by atoms with Crippen LogP contribution in [0, 0.1) is 11.3 Å². The largest absolute Gasteiger partial charge is 0.364 e. The molecule has 0 aliphatic carbocycles. The van der Waals surface area contributed by atoms with Gasteiger partial charge >= 0.3 is 0 Å². The van der Waals surface area contributed by atoms with Crippen LogP contribution in [0.25, 0.3) is 0 Å². The minimum Gasteiger partial charge on any atom is -0.364 e. The first-order valence-corrected chi connectivity index (χ1v) is 12.6. The van der Waals surface area contributed by atoms with Crippen molar-refractivity contribution in [3.63, 3.8) is 0 Å². The van der Waals surface area contributed by atoms with Crippen molar-refractivity contribution in [2.24, 2.45) is 7.05 Å². The standard InChI is InChI=1S/C24H28N6O2S/c1-3-9-33(31,32)30-15-21-10-19(12-25)6-7-24(21)29(17-23-14-27-18-28(23)2)16-22(30)11-20-5-4-8-26-13-20/h4-8,10,13-14,18,22H,3,9,11,15-17H2,1-2H3. The fraction of sp³-hybridized carbons (Fsp3) is 0.375. The molecule has 1 aromatic carbocycles. The summed E-state index contributed by atoms with van der Waals surface area (Å²) in [6.07, 6.45) is 8.20. The molecule has 0 spiro atoms. The SMILES string of the molecule is CCCS(=O)(=O)N1Cc2cc(C#N)ccc2N(Cc2cncn2C)CC1Cc1cccnc1. The monoisotopic (exact) mass is 464 g/mol. The molecule has 1 aliphatic rings. The first kappa shape index (κ1) is 23.0. The van der Waals surface area contributed by atoms with E-state index < -0.39 is 10.0 Å². The van der Waals surface area contributed by atoms with Crippen molar-refractivity contribution in [1.82, 2.24) is 18.8 Å². The lowest BCUT2D eigenvalue weighted by molar-refractivity contribution is 0.317. The normalized spacial score (nSPS) is 16.8. The Morgan fingerprint density at radius 1 is 1.21 bits per heavy atom. The van der Waals surface area contributed by atoms with Crippen molar-refractivity contribution < 1.29 is 8.42 Å². The Bertz CT molecular complexity index is 1250. The smallest absolute Gasteiger partial charge is 0.214 e. The molecule has 0 saturated heterocycles. The molecule has 0 amide bonds. The number of benzene rings is 1. The van der Waals surface area contributed by atoms with Gasteiger partial charge < -0.3 is 9.47 Å². The first-order chi connectivity index (χ1) is 15.9. The van der Waals surface area contributed by atoms with Gasteiger partial charge in [0, 0.05) is 50.5 Å². The maximum absolute atomic E-state index is 13.4. The number of pyridine rings is 1. The highest BCUT2D eigenvalue weighted by molar-refractivity contribution is 7.89. The first-order valence-electron chi connectivity index (χ1n) is 11.0. The summed E-state index contributed by atoms with van der Waals surface area (Å²) in [4.78, 5) is 10.7. The molecule has 33 heavy (non-hydrogen) atoms. The summed E-state index contributed by atoms with van der Waals surface area (Å²) in [7, 11) is -1.55. The van der Waals surface area contributed by atoms with Gasteiger partial charge in [0.2, 0.25) is 10.0 Å². The number of hydrogen-bond donors (Lipinski definition) is 0. The Morgan fingerprint density at radius 2 is 2.06 bits per heavy atom. The van der Waals surface area contributed by atoms with Crippen LogP contribution in [0.1, 0.15) is 35.7 Å². The molecule has 8 nitrogen and oxygen atoms in total. The number of aromatic nitrogens is 3. The predicted octanol–water partition coefficient (Wildman–Crippen LogP) is 2.86. The van der Waals surface area contributed by atoms with E-state index >= 15 is 0 Å². The fourth-order valence-corrected chi connectivity index (χ4v) is 6.05. The van der Waals surface area contributed by atoms with Gasteiger partial charge in [-0.05, 0) is 48.2 Å². The molecule has 3 heterocycles. The van der Waals surface area contributed by atoms with Gasteiger partial charge in [0.05, 0.1) is 36.0 Å². The molecule has 0 radical (unpaired) electrons. The lowest BCUT2D eigenvalue weighted by Gasteiger charge is -2.32. The van der Waals surface area contributed by atoms with E-state index in [1.807, 2.05) is 49.0 Å². The zero-order valence-electron chi connectivity index (χ0n) is 18.9. The molecule has 172 valence electrons.